The Kier molecular flexibility index (Phi) is 5.08. The van der Waals surface area contributed by atoms with Crippen LogP contribution in [-0.4, -0.2) is 22.6 Å². The third-order valence-electron chi connectivity index (χ3n) is 2.92. The predicted octanol–water partition coefficient (Wildman–Crippen LogP) is 1.92. The number of carbonyl (C=O) groups is 1. The fourth-order valence-electron chi connectivity index (χ4n) is 1.87. The lowest BCUT2D eigenvalue weighted by atomic mass is 10.1. The Bertz CT molecular complexity index is 699. The zero-order valence-electron chi connectivity index (χ0n) is 11.8. The van der Waals surface area contributed by atoms with Crippen LogP contribution < -0.4 is 5.32 Å². The molecule has 0 aliphatic rings. The van der Waals surface area contributed by atoms with Gasteiger partial charge in [-0.2, -0.15) is 0 Å². The second kappa shape index (κ2) is 7.22. The van der Waals surface area contributed by atoms with E-state index in [1.54, 1.807) is 18.2 Å². The molecule has 0 aliphatic carbocycles. The summed E-state index contributed by atoms with van der Waals surface area (Å²) in [6, 6.07) is 13.0. The van der Waals surface area contributed by atoms with Crippen molar-refractivity contribution in [1.29, 1.82) is 0 Å². The molecule has 0 unspecified atom stereocenters. The molecule has 2 N–H and O–H groups in total. The molecule has 21 heavy (non-hydrogen) atoms. The Balaban J connectivity index is 2.04. The van der Waals surface area contributed by atoms with Gasteiger partial charge in [0.05, 0.1) is 6.42 Å². The molecule has 0 saturated heterocycles. The first-order chi connectivity index (χ1) is 10.2. The first-order valence-electron chi connectivity index (χ1n) is 6.60. The highest BCUT2D eigenvalue weighted by molar-refractivity contribution is 5.91. The van der Waals surface area contributed by atoms with Gasteiger partial charge in [-0.1, -0.05) is 36.3 Å². The molecule has 0 spiro atoms. The quantitative estimate of drug-likeness (QED) is 0.844. The number of amides is 1. The number of hydrogen-bond donors (Lipinski definition) is 2. The van der Waals surface area contributed by atoms with Crippen molar-refractivity contribution >= 4 is 11.7 Å². The number of nitrogens with zero attached hydrogens (tertiary/aromatic N) is 1. The van der Waals surface area contributed by atoms with Crippen molar-refractivity contribution in [3.8, 4) is 11.8 Å². The molecule has 1 amide bonds. The zero-order valence-corrected chi connectivity index (χ0v) is 11.8. The highest BCUT2D eigenvalue weighted by Gasteiger charge is 2.06. The maximum atomic E-state index is 12.0. The van der Waals surface area contributed by atoms with Crippen LogP contribution in [-0.2, 0) is 11.2 Å². The number of aliphatic hydroxyl groups excluding tert-OH is 1. The Labute approximate surface area is 123 Å². The topological polar surface area (TPSA) is 62.2 Å². The van der Waals surface area contributed by atoms with E-state index in [4.69, 9.17) is 5.11 Å². The Morgan fingerprint density at radius 2 is 2.05 bits per heavy atom. The number of hydrogen-bond acceptors (Lipinski definition) is 3. The first kappa shape index (κ1) is 14.8. The number of aryl methyl sites for hydroxylation is 1. The molecular weight excluding hydrogens is 264 g/mol. The molecule has 1 heterocycles. The fraction of sp³-hybridized carbons (Fsp3) is 0.176. The van der Waals surface area contributed by atoms with Crippen molar-refractivity contribution in [3.63, 3.8) is 0 Å². The number of aliphatic hydroxyl groups is 1. The number of nitrogens with one attached hydrogen (secondary N) is 1. The van der Waals surface area contributed by atoms with Gasteiger partial charge in [-0.3, -0.25) is 4.79 Å². The van der Waals surface area contributed by atoms with Crippen LogP contribution >= 0.6 is 0 Å². The van der Waals surface area contributed by atoms with Crippen LogP contribution in [0.5, 0.6) is 0 Å². The number of benzene rings is 1. The lowest BCUT2D eigenvalue weighted by molar-refractivity contribution is -0.115. The molecule has 4 heteroatoms. The lowest BCUT2D eigenvalue weighted by Crippen LogP contribution is -2.16. The molecule has 0 fully saturated rings. The molecule has 0 bridgehead atoms. The maximum Gasteiger partial charge on any atom is 0.229 e. The van der Waals surface area contributed by atoms with E-state index in [9.17, 15) is 4.79 Å². The van der Waals surface area contributed by atoms with E-state index in [0.717, 1.165) is 11.1 Å². The van der Waals surface area contributed by atoms with Gasteiger partial charge in [0.15, 0.2) is 0 Å². The Morgan fingerprint density at radius 3 is 2.81 bits per heavy atom. The van der Waals surface area contributed by atoms with Gasteiger partial charge in [0.2, 0.25) is 5.91 Å². The van der Waals surface area contributed by atoms with Gasteiger partial charge < -0.3 is 10.4 Å². The van der Waals surface area contributed by atoms with Gasteiger partial charge in [0.25, 0.3) is 0 Å². The molecule has 0 saturated carbocycles. The zero-order chi connectivity index (χ0) is 15.1. The second-order valence-corrected chi connectivity index (χ2v) is 4.52. The number of rotatable bonds is 3. The maximum absolute atomic E-state index is 12.0. The molecule has 0 radical (unpaired) electrons. The molecule has 2 aromatic rings. The monoisotopic (exact) mass is 280 g/mol. The summed E-state index contributed by atoms with van der Waals surface area (Å²) in [7, 11) is 0. The van der Waals surface area contributed by atoms with E-state index in [1.165, 1.54) is 0 Å². The number of carbonyl (C=O) groups excluding carboxylic acids is 1. The first-order valence-corrected chi connectivity index (χ1v) is 6.60. The summed E-state index contributed by atoms with van der Waals surface area (Å²) >= 11 is 0. The summed E-state index contributed by atoms with van der Waals surface area (Å²) in [6.07, 6.45) is 0.306. The molecule has 1 aromatic heterocycles. The largest absolute Gasteiger partial charge is 0.384 e. The van der Waals surface area contributed by atoms with Crippen molar-refractivity contribution in [2.45, 2.75) is 13.3 Å². The SMILES string of the molecule is Cc1ccccc1CC(=O)Nc1cccc(C#CCO)n1. The number of aromatic nitrogens is 1. The lowest BCUT2D eigenvalue weighted by Gasteiger charge is -2.07. The van der Waals surface area contributed by atoms with E-state index in [-0.39, 0.29) is 12.5 Å². The summed E-state index contributed by atoms with van der Waals surface area (Å²) in [5, 5.41) is 11.4. The second-order valence-electron chi connectivity index (χ2n) is 4.52. The van der Waals surface area contributed by atoms with Crippen molar-refractivity contribution in [2.75, 3.05) is 11.9 Å². The summed E-state index contributed by atoms with van der Waals surface area (Å²) in [5.74, 6) is 5.56. The van der Waals surface area contributed by atoms with E-state index < -0.39 is 0 Å². The molecule has 0 atom stereocenters. The molecule has 106 valence electrons. The average Bonchev–Trinajstić information content (AvgIpc) is 2.48. The Hall–Kier alpha value is -2.64. The fourth-order valence-corrected chi connectivity index (χ4v) is 1.87. The van der Waals surface area contributed by atoms with Gasteiger partial charge in [-0.05, 0) is 36.1 Å². The molecule has 0 aliphatic heterocycles. The third-order valence-corrected chi connectivity index (χ3v) is 2.92. The van der Waals surface area contributed by atoms with Crippen molar-refractivity contribution in [2.24, 2.45) is 0 Å². The summed E-state index contributed by atoms with van der Waals surface area (Å²) in [4.78, 5) is 16.2. The number of anilines is 1. The normalized spacial score (nSPS) is 9.62. The van der Waals surface area contributed by atoms with Crippen LogP contribution in [0, 0.1) is 18.8 Å². The van der Waals surface area contributed by atoms with Gasteiger partial charge in [-0.15, -0.1) is 0 Å². The molecule has 2 rings (SSSR count). The summed E-state index contributed by atoms with van der Waals surface area (Å²) < 4.78 is 0. The minimum Gasteiger partial charge on any atom is -0.384 e. The van der Waals surface area contributed by atoms with Gasteiger partial charge in [0, 0.05) is 0 Å². The summed E-state index contributed by atoms with van der Waals surface area (Å²) in [6.45, 7) is 1.76. The minimum absolute atomic E-state index is 0.121. The van der Waals surface area contributed by atoms with E-state index >= 15 is 0 Å². The smallest absolute Gasteiger partial charge is 0.229 e. The van der Waals surface area contributed by atoms with Crippen molar-refractivity contribution in [3.05, 3.63) is 59.3 Å². The minimum atomic E-state index is -0.217. The predicted molar refractivity (Wildman–Crippen MR) is 81.7 cm³/mol. The average molecular weight is 280 g/mol. The third kappa shape index (κ3) is 4.44. The van der Waals surface area contributed by atoms with Crippen molar-refractivity contribution < 1.29 is 9.90 Å². The van der Waals surface area contributed by atoms with Crippen LogP contribution in [0.1, 0.15) is 16.8 Å². The standard InChI is InChI=1S/C17H16N2O2/c1-13-6-2-3-7-14(13)12-17(21)19-16-10-4-8-15(18-16)9-5-11-20/h2-4,6-8,10,20H,11-12H2,1H3,(H,18,19,21). The van der Waals surface area contributed by atoms with Crippen molar-refractivity contribution in [1.82, 2.24) is 4.98 Å². The number of pyridine rings is 1. The van der Waals surface area contributed by atoms with Gasteiger partial charge >= 0.3 is 0 Å². The van der Waals surface area contributed by atoms with Gasteiger partial charge in [0.1, 0.15) is 18.1 Å². The van der Waals surface area contributed by atoms with Gasteiger partial charge in [-0.25, -0.2) is 4.98 Å². The summed E-state index contributed by atoms with van der Waals surface area (Å²) in [5.41, 5.74) is 2.59. The Morgan fingerprint density at radius 1 is 1.24 bits per heavy atom. The van der Waals surface area contributed by atoms with Crippen LogP contribution in [0.3, 0.4) is 0 Å². The highest BCUT2D eigenvalue weighted by atomic mass is 16.2. The molecular formula is C17H16N2O2. The van der Waals surface area contributed by atoms with Crippen LogP contribution in [0.2, 0.25) is 0 Å². The van der Waals surface area contributed by atoms with E-state index in [0.29, 0.717) is 17.9 Å². The van der Waals surface area contributed by atoms with E-state index in [2.05, 4.69) is 22.1 Å². The highest BCUT2D eigenvalue weighted by Crippen LogP contribution is 2.10. The molecule has 1 aromatic carbocycles. The van der Waals surface area contributed by atoms with Crippen LogP contribution in [0.15, 0.2) is 42.5 Å². The van der Waals surface area contributed by atoms with Crippen LogP contribution in [0.25, 0.3) is 0 Å². The van der Waals surface area contributed by atoms with E-state index in [1.807, 2.05) is 31.2 Å². The molecule has 4 nitrogen and oxygen atoms in total. The van der Waals surface area contributed by atoms with Crippen LogP contribution in [0.4, 0.5) is 5.82 Å².